The van der Waals surface area contributed by atoms with E-state index in [-0.39, 0.29) is 39.4 Å². The van der Waals surface area contributed by atoms with Crippen LogP contribution in [0, 0.1) is 0 Å². The molecule has 0 saturated carbocycles. The van der Waals surface area contributed by atoms with Crippen molar-refractivity contribution in [1.29, 1.82) is 0 Å². The first kappa shape index (κ1) is 40.4. The first-order valence-electron chi connectivity index (χ1n) is 17.5. The van der Waals surface area contributed by atoms with Gasteiger partial charge in [-0.2, -0.15) is 0 Å². The minimum atomic E-state index is -0.840. The zero-order chi connectivity index (χ0) is 37.6. The largest absolute Gasteiger partial charge is 0.460 e. The maximum atomic E-state index is 13.3. The number of alkyl carbamates (subject to hydrolysis) is 1. The fraction of sp³-hybridized carbons (Fsp3) is 0.475. The molecule has 5 atom stereocenters. The minimum Gasteiger partial charge on any atom is -0.460 e. The fourth-order valence-corrected chi connectivity index (χ4v) is 5.44. The van der Waals surface area contributed by atoms with Crippen molar-refractivity contribution in [2.24, 2.45) is 0 Å². The lowest BCUT2D eigenvalue weighted by molar-refractivity contribution is -0.275. The summed E-state index contributed by atoms with van der Waals surface area (Å²) in [5, 5.41) is 2.40. The van der Waals surface area contributed by atoms with Gasteiger partial charge in [0.2, 0.25) is 0 Å². The molecular weight excluding hydrogens is 668 g/mol. The summed E-state index contributed by atoms with van der Waals surface area (Å²) < 4.78 is 37.3. The van der Waals surface area contributed by atoms with Crippen LogP contribution in [0.1, 0.15) is 64.7 Å². The van der Waals surface area contributed by atoms with Gasteiger partial charge in [-0.1, -0.05) is 91.0 Å². The SMILES string of the molecule is CC(C)(C)OC(=O)C[C@H]1O[C@H](CONC(=O)CNC(=O)OC(C)(C)C)[C@@H](OCc2ccccc2)[C@H](OCc2ccccc2)[C@H]1OCc1ccccc1. The summed E-state index contributed by atoms with van der Waals surface area (Å²) in [5.41, 5.74) is 3.68. The number of esters is 1. The first-order valence-corrected chi connectivity index (χ1v) is 17.5. The van der Waals surface area contributed by atoms with E-state index in [1.165, 1.54) is 0 Å². The molecule has 1 fully saturated rings. The molecule has 2 N–H and O–H groups in total. The Morgan fingerprint density at radius 1 is 0.615 bits per heavy atom. The average molecular weight is 721 g/mol. The maximum absolute atomic E-state index is 13.3. The molecule has 0 aromatic heterocycles. The molecule has 282 valence electrons. The highest BCUT2D eigenvalue weighted by Crippen LogP contribution is 2.32. The van der Waals surface area contributed by atoms with Crippen molar-refractivity contribution in [2.45, 2.75) is 110 Å². The van der Waals surface area contributed by atoms with Gasteiger partial charge in [-0.3, -0.25) is 14.4 Å². The number of hydrogen-bond donors (Lipinski definition) is 2. The van der Waals surface area contributed by atoms with Gasteiger partial charge < -0.3 is 33.7 Å². The number of ether oxygens (including phenoxy) is 6. The Morgan fingerprint density at radius 3 is 1.52 bits per heavy atom. The molecule has 1 aliphatic rings. The third kappa shape index (κ3) is 14.4. The summed E-state index contributed by atoms with van der Waals surface area (Å²) in [6.07, 6.45) is -4.88. The molecule has 0 unspecified atom stereocenters. The summed E-state index contributed by atoms with van der Waals surface area (Å²) >= 11 is 0. The summed E-state index contributed by atoms with van der Waals surface area (Å²) in [6.45, 7) is 10.7. The third-order valence-corrected chi connectivity index (χ3v) is 7.60. The molecule has 3 aromatic rings. The normalized spacial score (nSPS) is 20.5. The predicted molar refractivity (Wildman–Crippen MR) is 193 cm³/mol. The number of carbonyl (C=O) groups is 3. The van der Waals surface area contributed by atoms with Crippen molar-refractivity contribution in [3.63, 3.8) is 0 Å². The highest BCUT2D eigenvalue weighted by molar-refractivity contribution is 5.81. The van der Waals surface area contributed by atoms with Crippen LogP contribution < -0.4 is 10.8 Å². The molecule has 0 radical (unpaired) electrons. The van der Waals surface area contributed by atoms with Crippen molar-refractivity contribution in [3.8, 4) is 0 Å². The van der Waals surface area contributed by atoms with Gasteiger partial charge in [0.15, 0.2) is 0 Å². The van der Waals surface area contributed by atoms with E-state index in [1.54, 1.807) is 41.5 Å². The van der Waals surface area contributed by atoms with Gasteiger partial charge in [-0.15, -0.1) is 0 Å². The van der Waals surface area contributed by atoms with E-state index in [4.69, 9.17) is 33.3 Å². The molecule has 12 heteroatoms. The first-order chi connectivity index (χ1) is 24.8. The Hall–Kier alpha value is -4.33. The lowest BCUT2D eigenvalue weighted by Crippen LogP contribution is -2.62. The van der Waals surface area contributed by atoms with Gasteiger partial charge in [0.1, 0.15) is 48.8 Å². The van der Waals surface area contributed by atoms with Gasteiger partial charge >= 0.3 is 12.1 Å². The van der Waals surface area contributed by atoms with E-state index in [9.17, 15) is 14.4 Å². The Bertz CT molecular complexity index is 1530. The second-order valence-corrected chi connectivity index (χ2v) is 14.5. The highest BCUT2D eigenvalue weighted by atomic mass is 16.7. The second-order valence-electron chi connectivity index (χ2n) is 14.5. The van der Waals surface area contributed by atoms with Crippen LogP contribution in [0.3, 0.4) is 0 Å². The zero-order valence-electron chi connectivity index (χ0n) is 30.9. The molecule has 0 bridgehead atoms. The van der Waals surface area contributed by atoms with Crippen LogP contribution in [0.15, 0.2) is 91.0 Å². The molecule has 1 aliphatic heterocycles. The molecule has 4 rings (SSSR count). The summed E-state index contributed by atoms with van der Waals surface area (Å²) in [6, 6.07) is 29.0. The van der Waals surface area contributed by atoms with E-state index in [1.807, 2.05) is 91.0 Å². The lowest BCUT2D eigenvalue weighted by atomic mass is 9.92. The van der Waals surface area contributed by atoms with E-state index >= 15 is 0 Å². The van der Waals surface area contributed by atoms with Crippen LogP contribution in [-0.2, 0) is 62.7 Å². The number of nitrogens with one attached hydrogen (secondary N) is 2. The third-order valence-electron chi connectivity index (χ3n) is 7.60. The van der Waals surface area contributed by atoms with Crippen LogP contribution in [0.2, 0.25) is 0 Å². The van der Waals surface area contributed by atoms with Crippen molar-refractivity contribution in [2.75, 3.05) is 13.2 Å². The standard InChI is InChI=1S/C40H52N2O10/c1-39(2,3)51-34(44)22-31-35(46-24-28-16-10-7-11-17-28)37(48-26-30-20-14-9-15-21-30)36(47-25-29-18-12-8-13-19-29)32(50-31)27-49-42-33(43)23-41-38(45)52-40(4,5)6/h7-21,31-32,35-37H,22-27H2,1-6H3,(H,41,45)(H,42,43)/t31-,32-,35+,36-,37-/m1/s1. The smallest absolute Gasteiger partial charge is 0.408 e. The number of amides is 2. The number of benzene rings is 3. The van der Waals surface area contributed by atoms with Gasteiger partial charge in [0, 0.05) is 0 Å². The van der Waals surface area contributed by atoms with Crippen LogP contribution >= 0.6 is 0 Å². The molecule has 12 nitrogen and oxygen atoms in total. The quantitative estimate of drug-likeness (QED) is 0.138. The van der Waals surface area contributed by atoms with Crippen LogP contribution in [0.4, 0.5) is 4.79 Å². The van der Waals surface area contributed by atoms with Crippen LogP contribution in [0.25, 0.3) is 0 Å². The topological polar surface area (TPSA) is 140 Å². The molecule has 0 spiro atoms. The second kappa shape index (κ2) is 19.5. The van der Waals surface area contributed by atoms with E-state index in [0.717, 1.165) is 16.7 Å². The summed E-state index contributed by atoms with van der Waals surface area (Å²) in [4.78, 5) is 43.6. The molecule has 2 amide bonds. The van der Waals surface area contributed by atoms with Crippen LogP contribution in [0.5, 0.6) is 0 Å². The van der Waals surface area contributed by atoms with E-state index in [2.05, 4.69) is 10.8 Å². The molecule has 52 heavy (non-hydrogen) atoms. The zero-order valence-corrected chi connectivity index (χ0v) is 30.9. The van der Waals surface area contributed by atoms with Crippen molar-refractivity contribution in [1.82, 2.24) is 10.8 Å². The predicted octanol–water partition coefficient (Wildman–Crippen LogP) is 5.81. The summed E-state index contributed by atoms with van der Waals surface area (Å²) in [5.74, 6) is -1.09. The Balaban J connectivity index is 1.60. The van der Waals surface area contributed by atoms with Gasteiger partial charge in [0.05, 0.1) is 32.3 Å². The van der Waals surface area contributed by atoms with Crippen molar-refractivity contribution >= 4 is 18.0 Å². The van der Waals surface area contributed by atoms with E-state index in [0.29, 0.717) is 0 Å². The number of hydrogen-bond acceptors (Lipinski definition) is 10. The fourth-order valence-electron chi connectivity index (χ4n) is 5.44. The Kier molecular flexibility index (Phi) is 15.2. The minimum absolute atomic E-state index is 0.143. The molecule has 3 aromatic carbocycles. The molecule has 1 heterocycles. The lowest BCUT2D eigenvalue weighted by Gasteiger charge is -2.46. The number of rotatable bonds is 16. The average Bonchev–Trinajstić information content (AvgIpc) is 3.08. The highest BCUT2D eigenvalue weighted by Gasteiger charge is 2.49. The van der Waals surface area contributed by atoms with Crippen molar-refractivity contribution < 1.29 is 47.6 Å². The van der Waals surface area contributed by atoms with Gasteiger partial charge in [0.25, 0.3) is 5.91 Å². The van der Waals surface area contributed by atoms with E-state index < -0.39 is 59.7 Å². The van der Waals surface area contributed by atoms with Gasteiger partial charge in [-0.25, -0.2) is 10.3 Å². The number of carbonyl (C=O) groups excluding carboxylic acids is 3. The molecule has 0 aliphatic carbocycles. The van der Waals surface area contributed by atoms with Gasteiger partial charge in [-0.05, 0) is 58.2 Å². The maximum Gasteiger partial charge on any atom is 0.408 e. The summed E-state index contributed by atoms with van der Waals surface area (Å²) in [7, 11) is 0. The molecule has 1 saturated heterocycles. The molecular formula is C40H52N2O10. The monoisotopic (exact) mass is 720 g/mol. The Labute approximate surface area is 306 Å². The van der Waals surface area contributed by atoms with Crippen molar-refractivity contribution in [3.05, 3.63) is 108 Å². The number of hydroxylamine groups is 1. The Morgan fingerprint density at radius 2 is 1.06 bits per heavy atom. The van der Waals surface area contributed by atoms with Crippen LogP contribution in [-0.4, -0.2) is 72.8 Å².